The number of aliphatic hydroxyl groups excluding tert-OH is 1. The van der Waals surface area contributed by atoms with Gasteiger partial charge in [0, 0.05) is 31.0 Å². The van der Waals surface area contributed by atoms with Gasteiger partial charge in [-0.2, -0.15) is 5.10 Å². The fourth-order valence-corrected chi connectivity index (χ4v) is 6.60. The molecule has 2 N–H and O–H groups in total. The lowest BCUT2D eigenvalue weighted by Crippen LogP contribution is -2.46. The second-order valence-corrected chi connectivity index (χ2v) is 13.2. The molecule has 0 saturated carbocycles. The van der Waals surface area contributed by atoms with Crippen molar-refractivity contribution < 1.29 is 24.2 Å². The summed E-state index contributed by atoms with van der Waals surface area (Å²) in [6.45, 7) is 7.47. The van der Waals surface area contributed by atoms with Crippen molar-refractivity contribution in [2.24, 2.45) is 0 Å². The Morgan fingerprint density at radius 2 is 1.72 bits per heavy atom. The number of carbonyl (C=O) groups excluding carboxylic acids is 3. The van der Waals surface area contributed by atoms with Gasteiger partial charge in [0.15, 0.2) is 5.69 Å². The average Bonchev–Trinajstić information content (AvgIpc) is 3.51. The monoisotopic (exact) mass is 699 g/mol. The minimum absolute atomic E-state index is 0.0561. The number of aliphatic hydroxyl groups is 1. The molecule has 4 aromatic rings. The average molecular weight is 700 g/mol. The van der Waals surface area contributed by atoms with Gasteiger partial charge in [-0.15, -0.1) is 0 Å². The van der Waals surface area contributed by atoms with Gasteiger partial charge in [-0.3, -0.25) is 14.4 Å². The molecule has 5 rings (SSSR count). The fraction of sp³-hybridized carbons (Fsp3) is 0.385. The second-order valence-electron chi connectivity index (χ2n) is 12.8. The van der Waals surface area contributed by atoms with Crippen molar-refractivity contribution in [2.75, 3.05) is 32.1 Å². The molecule has 0 bridgehead atoms. The molecular formula is C39H46ClN5O5. The summed E-state index contributed by atoms with van der Waals surface area (Å²) in [5.41, 5.74) is 4.98. The van der Waals surface area contributed by atoms with Crippen molar-refractivity contribution in [1.82, 2.24) is 19.6 Å². The molecule has 10 nitrogen and oxygen atoms in total. The van der Waals surface area contributed by atoms with Crippen LogP contribution in [0.25, 0.3) is 5.69 Å². The first-order chi connectivity index (χ1) is 24.2. The Morgan fingerprint density at radius 3 is 2.38 bits per heavy atom. The molecule has 50 heavy (non-hydrogen) atoms. The Bertz CT molecular complexity index is 1830. The van der Waals surface area contributed by atoms with Gasteiger partial charge in [0.05, 0.1) is 42.5 Å². The predicted octanol–water partition coefficient (Wildman–Crippen LogP) is 6.63. The lowest BCUT2D eigenvalue weighted by Gasteiger charge is -2.36. The molecule has 264 valence electrons. The van der Waals surface area contributed by atoms with E-state index in [2.05, 4.69) is 19.2 Å². The zero-order valence-electron chi connectivity index (χ0n) is 29.2. The topological polar surface area (TPSA) is 117 Å². The van der Waals surface area contributed by atoms with Gasteiger partial charge in [-0.25, -0.2) is 4.68 Å². The number of halogens is 1. The third-order valence-corrected chi connectivity index (χ3v) is 9.40. The number of aryl methyl sites for hydroxylation is 1. The number of unbranched alkanes of at least 4 members (excludes halogenated alkanes) is 2. The van der Waals surface area contributed by atoms with Crippen molar-refractivity contribution in [3.05, 3.63) is 105 Å². The minimum Gasteiger partial charge on any atom is -0.495 e. The number of anilines is 1. The molecule has 3 amide bonds. The number of carbonyl (C=O) groups is 3. The van der Waals surface area contributed by atoms with Crippen LogP contribution >= 0.6 is 11.6 Å². The Balaban J connectivity index is 1.50. The van der Waals surface area contributed by atoms with Crippen molar-refractivity contribution >= 4 is 35.0 Å². The van der Waals surface area contributed by atoms with Crippen LogP contribution in [0.15, 0.2) is 66.7 Å². The Hall–Kier alpha value is -4.67. The Kier molecular flexibility index (Phi) is 12.3. The van der Waals surface area contributed by atoms with E-state index in [0.717, 1.165) is 36.8 Å². The molecule has 0 saturated heterocycles. The minimum atomic E-state index is -0.440. The number of ether oxygens (including phenoxy) is 1. The molecule has 11 heteroatoms. The predicted molar refractivity (Wildman–Crippen MR) is 195 cm³/mol. The highest BCUT2D eigenvalue weighted by atomic mass is 35.5. The molecule has 0 radical (unpaired) electrons. The lowest BCUT2D eigenvalue weighted by atomic mass is 9.93. The van der Waals surface area contributed by atoms with E-state index in [4.69, 9.17) is 21.4 Å². The van der Waals surface area contributed by atoms with Crippen LogP contribution in [0.1, 0.15) is 82.8 Å². The van der Waals surface area contributed by atoms with Crippen LogP contribution in [0.5, 0.6) is 5.75 Å². The summed E-state index contributed by atoms with van der Waals surface area (Å²) in [5.74, 6) is -0.233. The van der Waals surface area contributed by atoms with Crippen LogP contribution in [-0.4, -0.2) is 75.3 Å². The highest BCUT2D eigenvalue weighted by Crippen LogP contribution is 2.30. The molecule has 0 aliphatic carbocycles. The van der Waals surface area contributed by atoms with Crippen molar-refractivity contribution in [2.45, 2.75) is 71.9 Å². The first-order valence-corrected chi connectivity index (χ1v) is 17.7. The SMILES string of the molecule is CCCCN(CCCC)C(=O)c1cc(C)n(-c2ccc(NC(=O)Cc3ccc(OC)c(Cl)c3)cc2C(=O)N2Cc3ccccc3CC2CO)n1. The lowest BCUT2D eigenvalue weighted by molar-refractivity contribution is -0.115. The first-order valence-electron chi connectivity index (χ1n) is 17.3. The first kappa shape index (κ1) is 36.6. The maximum absolute atomic E-state index is 14.6. The standard InChI is InChI=1S/C39H46ClN5O5/c1-5-7-17-43(18-8-6-2)39(49)34-19-26(3)45(42-34)35-15-14-30(41-37(47)21-27-13-16-36(50-4)33(40)20-27)23-32(35)38(48)44-24-29-12-10-9-11-28(29)22-31(44)25-46/h9-16,19-20,23,31,46H,5-8,17-18,21-22,24-25H2,1-4H3,(H,41,47). The highest BCUT2D eigenvalue weighted by Gasteiger charge is 2.32. The molecule has 1 unspecified atom stereocenters. The molecule has 0 spiro atoms. The molecule has 1 aliphatic rings. The zero-order chi connectivity index (χ0) is 35.8. The molecular weight excluding hydrogens is 654 g/mol. The molecule has 1 atom stereocenters. The number of rotatable bonds is 14. The number of amides is 3. The van der Waals surface area contributed by atoms with Gasteiger partial charge in [0.25, 0.3) is 11.8 Å². The zero-order valence-corrected chi connectivity index (χ0v) is 30.0. The van der Waals surface area contributed by atoms with Crippen LogP contribution in [0.3, 0.4) is 0 Å². The van der Waals surface area contributed by atoms with Gasteiger partial charge in [0.1, 0.15) is 5.75 Å². The Labute approximate surface area is 299 Å². The van der Waals surface area contributed by atoms with Gasteiger partial charge < -0.3 is 25.0 Å². The van der Waals surface area contributed by atoms with E-state index in [9.17, 15) is 19.5 Å². The van der Waals surface area contributed by atoms with E-state index in [-0.39, 0.29) is 36.3 Å². The third kappa shape index (κ3) is 8.37. The van der Waals surface area contributed by atoms with E-state index >= 15 is 0 Å². The van der Waals surface area contributed by atoms with Crippen molar-refractivity contribution in [1.29, 1.82) is 0 Å². The number of benzene rings is 3. The van der Waals surface area contributed by atoms with Crippen molar-refractivity contribution in [3.63, 3.8) is 0 Å². The summed E-state index contributed by atoms with van der Waals surface area (Å²) in [4.78, 5) is 45.0. The van der Waals surface area contributed by atoms with E-state index in [0.29, 0.717) is 65.2 Å². The van der Waals surface area contributed by atoms with Gasteiger partial charge in [0.2, 0.25) is 5.91 Å². The molecule has 1 aliphatic heterocycles. The number of hydrogen-bond acceptors (Lipinski definition) is 6. The van der Waals surface area contributed by atoms with Gasteiger partial charge in [-0.05, 0) is 79.3 Å². The smallest absolute Gasteiger partial charge is 0.274 e. The summed E-state index contributed by atoms with van der Waals surface area (Å²) >= 11 is 6.28. The largest absolute Gasteiger partial charge is 0.495 e. The van der Waals surface area contributed by atoms with Gasteiger partial charge >= 0.3 is 0 Å². The Morgan fingerprint density at radius 1 is 1.00 bits per heavy atom. The number of hydrogen-bond donors (Lipinski definition) is 2. The second kappa shape index (κ2) is 16.8. The molecule has 3 aromatic carbocycles. The fourth-order valence-electron chi connectivity index (χ4n) is 6.32. The summed E-state index contributed by atoms with van der Waals surface area (Å²) in [5, 5.41) is 18.5. The van der Waals surface area contributed by atoms with E-state index in [1.807, 2.05) is 36.1 Å². The van der Waals surface area contributed by atoms with E-state index < -0.39 is 6.04 Å². The van der Waals surface area contributed by atoms with Crippen LogP contribution in [0.4, 0.5) is 5.69 Å². The maximum atomic E-state index is 14.6. The number of fused-ring (bicyclic) bond motifs is 1. The van der Waals surface area contributed by atoms with Gasteiger partial charge in [-0.1, -0.05) is 68.6 Å². The van der Waals surface area contributed by atoms with Crippen LogP contribution in [0, 0.1) is 6.92 Å². The molecule has 2 heterocycles. The quantitative estimate of drug-likeness (QED) is 0.153. The number of aromatic nitrogens is 2. The molecule has 0 fully saturated rings. The number of methoxy groups -OCH3 is 1. The van der Waals surface area contributed by atoms with E-state index in [1.54, 1.807) is 52.0 Å². The summed E-state index contributed by atoms with van der Waals surface area (Å²) in [6, 6.07) is 19.5. The normalized spacial score (nSPS) is 13.9. The number of nitrogens with one attached hydrogen (secondary N) is 1. The maximum Gasteiger partial charge on any atom is 0.274 e. The van der Waals surface area contributed by atoms with Crippen LogP contribution in [0.2, 0.25) is 5.02 Å². The highest BCUT2D eigenvalue weighted by molar-refractivity contribution is 6.32. The van der Waals surface area contributed by atoms with Crippen LogP contribution in [-0.2, 0) is 24.2 Å². The summed E-state index contributed by atoms with van der Waals surface area (Å²) in [6.07, 6.45) is 4.32. The molecule has 1 aromatic heterocycles. The third-order valence-electron chi connectivity index (χ3n) is 9.10. The summed E-state index contributed by atoms with van der Waals surface area (Å²) < 4.78 is 6.84. The van der Waals surface area contributed by atoms with Crippen LogP contribution < -0.4 is 10.1 Å². The van der Waals surface area contributed by atoms with E-state index in [1.165, 1.54) is 7.11 Å². The summed E-state index contributed by atoms with van der Waals surface area (Å²) in [7, 11) is 1.53. The van der Waals surface area contributed by atoms with Crippen molar-refractivity contribution in [3.8, 4) is 11.4 Å². The number of nitrogens with zero attached hydrogens (tertiary/aromatic N) is 4.